The Morgan fingerprint density at radius 2 is 1.90 bits per heavy atom. The number of methoxy groups -OCH3 is 1. The molecule has 1 saturated carbocycles. The van der Waals surface area contributed by atoms with Crippen molar-refractivity contribution in [3.05, 3.63) is 57.4 Å². The molecule has 31 heavy (non-hydrogen) atoms. The normalized spacial score (nSPS) is 15.9. The maximum Gasteiger partial charge on any atom is 0.294 e. The first kappa shape index (κ1) is 21.1. The molecule has 2 aromatic heterocycles. The molecule has 4 rings (SSSR count). The zero-order valence-corrected chi connectivity index (χ0v) is 17.7. The van der Waals surface area contributed by atoms with E-state index >= 15 is 0 Å². The number of aryl methyl sites for hydroxylation is 1. The van der Waals surface area contributed by atoms with Crippen LogP contribution in [0.3, 0.4) is 0 Å². The second kappa shape index (κ2) is 7.55. The lowest BCUT2D eigenvalue weighted by Crippen LogP contribution is -2.29. The van der Waals surface area contributed by atoms with Crippen LogP contribution in [0, 0.1) is 12.7 Å². The van der Waals surface area contributed by atoms with Gasteiger partial charge in [-0.3, -0.25) is 4.79 Å². The minimum absolute atomic E-state index is 0.0859. The van der Waals surface area contributed by atoms with Gasteiger partial charge in [-0.05, 0) is 33.6 Å². The number of rotatable bonds is 6. The van der Waals surface area contributed by atoms with Gasteiger partial charge >= 0.3 is 0 Å². The molecule has 0 unspecified atom stereocenters. The van der Waals surface area contributed by atoms with Gasteiger partial charge in [0.25, 0.3) is 12.0 Å². The van der Waals surface area contributed by atoms with Crippen molar-refractivity contribution in [1.82, 2.24) is 14.8 Å². The SMILES string of the molecule is COc1c(=O)n(C2(C)CC2)cc2c(N[C@H](C)c3cccc(C(F)F)c3F)nnc(C)c12. The Labute approximate surface area is 177 Å². The molecule has 2 heterocycles. The Morgan fingerprint density at radius 3 is 2.52 bits per heavy atom. The van der Waals surface area contributed by atoms with Gasteiger partial charge in [0.15, 0.2) is 11.6 Å². The van der Waals surface area contributed by atoms with Crippen molar-refractivity contribution in [1.29, 1.82) is 0 Å². The summed E-state index contributed by atoms with van der Waals surface area (Å²) in [6.07, 6.45) is 0.536. The van der Waals surface area contributed by atoms with E-state index < -0.39 is 23.8 Å². The lowest BCUT2D eigenvalue weighted by atomic mass is 10.0. The van der Waals surface area contributed by atoms with Gasteiger partial charge in [-0.15, -0.1) is 5.10 Å². The molecule has 1 N–H and O–H groups in total. The van der Waals surface area contributed by atoms with Crippen molar-refractivity contribution in [2.24, 2.45) is 0 Å². The van der Waals surface area contributed by atoms with Gasteiger partial charge in [-0.1, -0.05) is 18.2 Å². The molecule has 1 aromatic carbocycles. The number of halogens is 3. The number of nitrogens with zero attached hydrogens (tertiary/aromatic N) is 3. The van der Waals surface area contributed by atoms with Gasteiger partial charge in [0.05, 0.1) is 29.8 Å². The van der Waals surface area contributed by atoms with E-state index in [4.69, 9.17) is 4.74 Å². The first-order chi connectivity index (χ1) is 14.7. The fourth-order valence-corrected chi connectivity index (χ4v) is 3.83. The van der Waals surface area contributed by atoms with Crippen LogP contribution in [0.1, 0.15) is 56.0 Å². The summed E-state index contributed by atoms with van der Waals surface area (Å²) in [7, 11) is 1.43. The van der Waals surface area contributed by atoms with Crippen LogP contribution >= 0.6 is 0 Å². The summed E-state index contributed by atoms with van der Waals surface area (Å²) in [5, 5.41) is 12.5. The van der Waals surface area contributed by atoms with Crippen LogP contribution in [-0.4, -0.2) is 21.9 Å². The molecule has 0 amide bonds. The number of nitrogens with one attached hydrogen (secondary N) is 1. The minimum atomic E-state index is -2.91. The third-order valence-electron chi connectivity index (χ3n) is 5.96. The zero-order valence-electron chi connectivity index (χ0n) is 17.7. The van der Waals surface area contributed by atoms with Crippen LogP contribution in [0.25, 0.3) is 10.8 Å². The van der Waals surface area contributed by atoms with Crippen molar-refractivity contribution in [3.63, 3.8) is 0 Å². The number of aromatic nitrogens is 3. The Kier molecular flexibility index (Phi) is 5.15. The number of pyridine rings is 1. The maximum absolute atomic E-state index is 14.6. The van der Waals surface area contributed by atoms with Crippen LogP contribution in [0.2, 0.25) is 0 Å². The summed E-state index contributed by atoms with van der Waals surface area (Å²) in [4.78, 5) is 13.0. The molecule has 1 aliphatic carbocycles. The fourth-order valence-electron chi connectivity index (χ4n) is 3.83. The van der Waals surface area contributed by atoms with E-state index in [0.717, 1.165) is 18.9 Å². The lowest BCUT2D eigenvalue weighted by molar-refractivity contribution is 0.146. The lowest BCUT2D eigenvalue weighted by Gasteiger charge is -2.21. The van der Waals surface area contributed by atoms with E-state index in [1.807, 2.05) is 6.92 Å². The number of hydrogen-bond acceptors (Lipinski definition) is 5. The van der Waals surface area contributed by atoms with Crippen molar-refractivity contribution >= 4 is 16.6 Å². The molecule has 9 heteroatoms. The summed E-state index contributed by atoms with van der Waals surface area (Å²) in [5.41, 5.74) is -0.594. The monoisotopic (exact) mass is 432 g/mol. The summed E-state index contributed by atoms with van der Waals surface area (Å²) in [6.45, 7) is 5.36. The second-order valence-corrected chi connectivity index (χ2v) is 8.17. The van der Waals surface area contributed by atoms with Crippen LogP contribution in [-0.2, 0) is 5.54 Å². The fraction of sp³-hybridized carbons (Fsp3) is 0.409. The molecule has 6 nitrogen and oxygen atoms in total. The molecule has 1 atom stereocenters. The number of hydrogen-bond donors (Lipinski definition) is 1. The molecule has 0 aliphatic heterocycles. The first-order valence-corrected chi connectivity index (χ1v) is 9.98. The summed E-state index contributed by atoms with van der Waals surface area (Å²) in [5.74, 6) is -0.479. The average Bonchev–Trinajstić information content (AvgIpc) is 3.47. The van der Waals surface area contributed by atoms with E-state index in [1.165, 1.54) is 19.2 Å². The highest BCUT2D eigenvalue weighted by molar-refractivity contribution is 5.96. The van der Waals surface area contributed by atoms with E-state index in [1.54, 1.807) is 24.6 Å². The number of ether oxygens (including phenoxy) is 1. The molecule has 1 fully saturated rings. The second-order valence-electron chi connectivity index (χ2n) is 8.17. The molecule has 164 valence electrons. The largest absolute Gasteiger partial charge is 0.491 e. The predicted molar refractivity (Wildman–Crippen MR) is 111 cm³/mol. The van der Waals surface area contributed by atoms with Crippen molar-refractivity contribution < 1.29 is 17.9 Å². The highest BCUT2D eigenvalue weighted by Gasteiger charge is 2.41. The molecule has 0 saturated heterocycles. The van der Waals surface area contributed by atoms with Gasteiger partial charge in [0, 0.05) is 22.7 Å². The van der Waals surface area contributed by atoms with Crippen LogP contribution in [0.5, 0.6) is 5.75 Å². The van der Waals surface area contributed by atoms with Crippen molar-refractivity contribution in [3.8, 4) is 5.75 Å². The molecule has 1 aliphatic rings. The molecule has 0 spiro atoms. The quantitative estimate of drug-likeness (QED) is 0.602. The predicted octanol–water partition coefficient (Wildman–Crippen LogP) is 4.87. The summed E-state index contributed by atoms with van der Waals surface area (Å²) >= 11 is 0. The third-order valence-corrected chi connectivity index (χ3v) is 5.96. The summed E-state index contributed by atoms with van der Waals surface area (Å²) in [6, 6.07) is 3.23. The highest BCUT2D eigenvalue weighted by atomic mass is 19.3. The minimum Gasteiger partial charge on any atom is -0.491 e. The van der Waals surface area contributed by atoms with Gasteiger partial charge in [0.1, 0.15) is 5.82 Å². The number of benzene rings is 1. The van der Waals surface area contributed by atoms with Crippen molar-refractivity contribution in [2.45, 2.75) is 51.6 Å². The van der Waals surface area contributed by atoms with E-state index in [9.17, 15) is 18.0 Å². The molecule has 3 aromatic rings. The van der Waals surface area contributed by atoms with Gasteiger partial charge in [0.2, 0.25) is 0 Å². The standard InChI is InChI=1S/C22H23F3N4O2/c1-11(13-6-5-7-14(17(13)23)19(24)25)26-20-15-10-29(22(3)8-9-22)21(30)18(31-4)16(15)12(2)27-28-20/h5-7,10-11,19H,8-9H2,1-4H3,(H,26,28)/t11-/m1/s1. The first-order valence-electron chi connectivity index (χ1n) is 9.98. The Hall–Kier alpha value is -3.10. The highest BCUT2D eigenvalue weighted by Crippen LogP contribution is 2.43. The summed E-state index contributed by atoms with van der Waals surface area (Å²) < 4.78 is 47.9. The average molecular weight is 432 g/mol. The van der Waals surface area contributed by atoms with Gasteiger partial charge in [-0.25, -0.2) is 13.2 Å². The third kappa shape index (κ3) is 3.51. The maximum atomic E-state index is 14.6. The van der Waals surface area contributed by atoms with Crippen LogP contribution < -0.4 is 15.6 Å². The Balaban J connectivity index is 1.85. The van der Waals surface area contributed by atoms with Gasteiger partial charge < -0.3 is 14.6 Å². The zero-order chi connectivity index (χ0) is 22.5. The Morgan fingerprint density at radius 1 is 1.23 bits per heavy atom. The van der Waals surface area contributed by atoms with E-state index in [0.29, 0.717) is 22.3 Å². The number of anilines is 1. The molecular weight excluding hydrogens is 409 g/mol. The molecular formula is C22H23F3N4O2. The smallest absolute Gasteiger partial charge is 0.294 e. The van der Waals surface area contributed by atoms with Crippen molar-refractivity contribution in [2.75, 3.05) is 12.4 Å². The van der Waals surface area contributed by atoms with Crippen LogP contribution in [0.15, 0.2) is 29.2 Å². The van der Waals surface area contributed by atoms with E-state index in [2.05, 4.69) is 15.5 Å². The topological polar surface area (TPSA) is 69.0 Å². The van der Waals surface area contributed by atoms with Crippen LogP contribution in [0.4, 0.5) is 19.0 Å². The number of alkyl halides is 2. The van der Waals surface area contributed by atoms with Gasteiger partial charge in [-0.2, -0.15) is 5.10 Å². The molecule has 0 radical (unpaired) electrons. The van der Waals surface area contributed by atoms with E-state index in [-0.39, 0.29) is 22.4 Å². The Bertz CT molecular complexity index is 1220. The molecule has 0 bridgehead atoms. The number of fused-ring (bicyclic) bond motifs is 1.